The lowest BCUT2D eigenvalue weighted by atomic mass is 9.67. The Morgan fingerprint density at radius 3 is 1.53 bits per heavy atom. The molecule has 2 fully saturated rings. The zero-order valence-corrected chi connectivity index (χ0v) is 41.8. The van der Waals surface area contributed by atoms with Crippen molar-refractivity contribution in [2.24, 2.45) is 5.41 Å². The minimum Gasteiger partial charge on any atom is -0.435 e. The molecule has 398 valence electrons. The van der Waals surface area contributed by atoms with Crippen molar-refractivity contribution in [2.75, 3.05) is 6.54 Å². The lowest BCUT2D eigenvalue weighted by Gasteiger charge is -2.41. The summed E-state index contributed by atoms with van der Waals surface area (Å²) in [5.41, 5.74) is 2.32. The molecular weight excluding hydrogens is 1020 g/mol. The van der Waals surface area contributed by atoms with E-state index >= 15 is 8.78 Å². The maximum absolute atomic E-state index is 15.3. The molecule has 0 aliphatic heterocycles. The number of hydrogen-bond acceptors (Lipinski definition) is 10. The van der Waals surface area contributed by atoms with Gasteiger partial charge in [-0.15, -0.1) is 20.4 Å². The van der Waals surface area contributed by atoms with Crippen LogP contribution in [-0.2, 0) is 38.5 Å². The van der Waals surface area contributed by atoms with E-state index in [2.05, 4.69) is 47.9 Å². The van der Waals surface area contributed by atoms with Crippen molar-refractivity contribution in [1.82, 2.24) is 50.1 Å². The third-order valence-corrected chi connectivity index (χ3v) is 15.0. The van der Waals surface area contributed by atoms with Gasteiger partial charge in [0, 0.05) is 61.0 Å². The molecule has 6 aromatic carbocycles. The molecule has 0 spiro atoms. The number of hydrogen-bond donors (Lipinski definition) is 2. The number of alkyl halides is 6. The molecule has 0 amide bonds. The highest BCUT2D eigenvalue weighted by Gasteiger charge is 2.38. The smallest absolute Gasteiger partial charge is 0.420 e. The van der Waals surface area contributed by atoms with E-state index in [1.807, 2.05) is 0 Å². The maximum Gasteiger partial charge on any atom is 0.420 e. The van der Waals surface area contributed by atoms with Crippen molar-refractivity contribution in [2.45, 2.75) is 90.0 Å². The van der Waals surface area contributed by atoms with E-state index in [0.717, 1.165) is 57.2 Å². The average Bonchev–Trinajstić information content (AvgIpc) is 3.78. The Labute approximate surface area is 440 Å². The molecule has 12 rings (SSSR count). The van der Waals surface area contributed by atoms with Gasteiger partial charge in [-0.05, 0) is 144 Å². The Hall–Kier alpha value is -8.10. The summed E-state index contributed by atoms with van der Waals surface area (Å²) in [6.07, 6.45) is -0.137. The van der Waals surface area contributed by atoms with E-state index in [1.54, 1.807) is 81.9 Å². The highest BCUT2D eigenvalue weighted by molar-refractivity contribution is 5.86. The number of rotatable bonds is 17. The van der Waals surface area contributed by atoms with E-state index in [-0.39, 0.29) is 71.6 Å². The lowest BCUT2D eigenvalue weighted by Crippen LogP contribution is -2.39. The van der Waals surface area contributed by atoms with Gasteiger partial charge in [0.25, 0.3) is 0 Å². The Bertz CT molecular complexity index is 3860. The number of nitrogens with zero attached hydrogens (tertiary/aromatic N) is 8. The van der Waals surface area contributed by atoms with Crippen molar-refractivity contribution in [3.63, 3.8) is 0 Å². The zero-order chi connectivity index (χ0) is 53.9. The first-order chi connectivity index (χ1) is 37.6. The molecule has 20 heteroatoms. The van der Waals surface area contributed by atoms with Crippen LogP contribution in [0.15, 0.2) is 131 Å². The topological polar surface area (TPSA) is 138 Å². The summed E-state index contributed by atoms with van der Waals surface area (Å²) in [6, 6.07) is 27.8. The number of fused-ring (bicyclic) bond motifs is 2. The van der Waals surface area contributed by atoms with Crippen LogP contribution < -0.4 is 10.6 Å². The summed E-state index contributed by atoms with van der Waals surface area (Å²) in [5.74, 6) is -0.581. The van der Waals surface area contributed by atoms with Crippen LogP contribution >= 0.6 is 0 Å². The Morgan fingerprint density at radius 1 is 0.590 bits per heavy atom. The van der Waals surface area contributed by atoms with Crippen LogP contribution in [0.25, 0.3) is 90.1 Å². The van der Waals surface area contributed by atoms with Crippen LogP contribution in [0.2, 0.25) is 0 Å². The van der Waals surface area contributed by atoms with Crippen molar-refractivity contribution in [1.29, 1.82) is 0 Å². The molecule has 0 bridgehead atoms. The van der Waals surface area contributed by atoms with Crippen LogP contribution in [0.5, 0.6) is 0 Å². The minimum atomic E-state index is -4.70. The molecule has 0 saturated heterocycles. The molecule has 0 atom stereocenters. The number of aromatic nitrogens is 8. The second-order valence-corrected chi connectivity index (χ2v) is 20.2. The first-order valence-electron chi connectivity index (χ1n) is 25.6. The van der Waals surface area contributed by atoms with Crippen LogP contribution in [-0.4, -0.2) is 52.1 Å². The van der Waals surface area contributed by atoms with Gasteiger partial charge in [0.2, 0.25) is 11.8 Å². The molecule has 4 heterocycles. The molecule has 0 unspecified atom stereocenters. The summed E-state index contributed by atoms with van der Waals surface area (Å²) in [7, 11) is 0. The van der Waals surface area contributed by atoms with Gasteiger partial charge in [-0.25, -0.2) is 18.7 Å². The molecule has 78 heavy (non-hydrogen) atoms. The number of nitrogens with one attached hydrogen (secondary N) is 2. The highest BCUT2D eigenvalue weighted by Crippen LogP contribution is 2.44. The molecule has 2 N–H and O–H groups in total. The average molecular weight is 1070 g/mol. The highest BCUT2D eigenvalue weighted by atomic mass is 19.4. The van der Waals surface area contributed by atoms with Gasteiger partial charge in [-0.2, -0.15) is 26.3 Å². The molecular formula is C58H48F8N10O2. The van der Waals surface area contributed by atoms with Crippen LogP contribution in [0.1, 0.15) is 67.7 Å². The third-order valence-electron chi connectivity index (χ3n) is 15.0. The Kier molecular flexibility index (Phi) is 13.0. The van der Waals surface area contributed by atoms with Gasteiger partial charge in [0.1, 0.15) is 46.4 Å². The van der Waals surface area contributed by atoms with Crippen molar-refractivity contribution >= 4 is 22.2 Å². The first-order valence-corrected chi connectivity index (χ1v) is 25.6. The largest absolute Gasteiger partial charge is 0.435 e. The van der Waals surface area contributed by atoms with Crippen molar-refractivity contribution in [3.8, 4) is 67.9 Å². The molecule has 12 nitrogen and oxygen atoms in total. The number of aryl methyl sites for hydroxylation is 2. The zero-order valence-electron chi connectivity index (χ0n) is 41.8. The summed E-state index contributed by atoms with van der Waals surface area (Å²) < 4.78 is 132. The first kappa shape index (κ1) is 50.7. The van der Waals surface area contributed by atoms with Gasteiger partial charge in [-0.1, -0.05) is 49.7 Å². The summed E-state index contributed by atoms with van der Waals surface area (Å²) in [5, 5.41) is 23.7. The fourth-order valence-corrected chi connectivity index (χ4v) is 10.4. The molecule has 2 aliphatic carbocycles. The van der Waals surface area contributed by atoms with Gasteiger partial charge < -0.3 is 28.6 Å². The van der Waals surface area contributed by atoms with E-state index in [9.17, 15) is 26.3 Å². The lowest BCUT2D eigenvalue weighted by molar-refractivity contribution is -0.137. The summed E-state index contributed by atoms with van der Waals surface area (Å²) in [6.45, 7) is 3.75. The fraction of sp³-hybridized carbons (Fsp3) is 0.276. The molecule has 4 aromatic heterocycles. The predicted octanol–water partition coefficient (Wildman–Crippen LogP) is 14.1. The summed E-state index contributed by atoms with van der Waals surface area (Å²) in [4.78, 5) is 9.05. The second kappa shape index (κ2) is 20.0. The maximum atomic E-state index is 15.3. The van der Waals surface area contributed by atoms with E-state index < -0.39 is 35.1 Å². The number of halogens is 8. The minimum absolute atomic E-state index is 0.0237. The van der Waals surface area contributed by atoms with Gasteiger partial charge >= 0.3 is 12.4 Å². The second-order valence-electron chi connectivity index (χ2n) is 20.2. The molecule has 2 aliphatic rings. The number of benzene rings is 6. The van der Waals surface area contributed by atoms with Gasteiger partial charge in [-0.3, -0.25) is 0 Å². The van der Waals surface area contributed by atoms with E-state index in [4.69, 9.17) is 8.83 Å². The van der Waals surface area contributed by atoms with E-state index in [0.29, 0.717) is 67.3 Å². The van der Waals surface area contributed by atoms with Crippen LogP contribution in [0.4, 0.5) is 35.1 Å². The SMILES string of the molecule is CCC1(CNCc2cc(C(F)(F)F)c3oc(-c4cccc(-c5ccc(F)cc5-c5nncn5CCn5cnnc5-c5cc(F)ccc5-c5cccc(-c6nc7cc(CNC8CC8)cc(C(F)(F)F)c7o6)c5)c4)nc3c2)CCC1. The quantitative estimate of drug-likeness (QED) is 0.0848. The third kappa shape index (κ3) is 10.2. The van der Waals surface area contributed by atoms with Gasteiger partial charge in [0.05, 0.1) is 0 Å². The van der Waals surface area contributed by atoms with Crippen LogP contribution in [0, 0.1) is 17.0 Å². The van der Waals surface area contributed by atoms with Crippen LogP contribution in [0.3, 0.4) is 0 Å². The fourth-order valence-electron chi connectivity index (χ4n) is 10.4. The van der Waals surface area contributed by atoms with E-state index in [1.165, 1.54) is 36.9 Å². The predicted molar refractivity (Wildman–Crippen MR) is 276 cm³/mol. The van der Waals surface area contributed by atoms with Crippen molar-refractivity contribution in [3.05, 3.63) is 156 Å². The van der Waals surface area contributed by atoms with Crippen molar-refractivity contribution < 1.29 is 44.0 Å². The standard InChI is InChI=1S/C58H48F8N10O2/c1-2-56(16-5-17-56)30-67-28-33-20-46(57(61,62)63)50-48(22-33)71-54(77-50)37-8-3-6-35(24-37)42-14-10-39(59)26-44(42)52-73-69-31-75(52)18-19-76-32-70-74-53(76)45-27-40(60)11-15-43(45)36-7-4-9-38(25-36)55-72-49-23-34(29-68-41-12-13-41)21-47(51(49)78-55)58(64,65)66/h3-4,6-11,14-15,20-27,31-32,41,67-68H,2,5,12-13,16-19,28-30H2,1H3. The number of oxazole rings is 2. The molecule has 0 radical (unpaired) electrons. The molecule has 10 aromatic rings. The monoisotopic (exact) mass is 1070 g/mol. The summed E-state index contributed by atoms with van der Waals surface area (Å²) >= 11 is 0. The molecule has 2 saturated carbocycles. The normalized spacial score (nSPS) is 14.7. The van der Waals surface area contributed by atoms with Gasteiger partial charge in [0.15, 0.2) is 22.8 Å². The Balaban J connectivity index is 0.808. The Morgan fingerprint density at radius 2 is 1.08 bits per heavy atom.